The predicted molar refractivity (Wildman–Crippen MR) is 132 cm³/mol. The molecule has 1 atom stereocenters. The number of esters is 1. The zero-order valence-corrected chi connectivity index (χ0v) is 19.8. The third-order valence-corrected chi connectivity index (χ3v) is 5.59. The standard InChI is InChI=1S/C28H28FNO5/c1-3-33-27(31)15-21-7-8-23(32-2)16-25(21)35-17-19-12-22-9-10-34-28(22)24(13-19)20-6-4-5-18(11-20)14-26(29)30/h4-13,16,26H,3,14-15,17,30H2,1-2H3/t26-/m1/s1. The van der Waals surface area contributed by atoms with E-state index in [0.29, 0.717) is 23.7 Å². The Morgan fingerprint density at radius 3 is 2.71 bits per heavy atom. The zero-order chi connectivity index (χ0) is 24.8. The first-order chi connectivity index (χ1) is 17.0. The molecule has 0 unspecified atom stereocenters. The Labute approximate surface area is 203 Å². The average molecular weight is 478 g/mol. The molecular formula is C28H28FNO5. The molecule has 0 spiro atoms. The third-order valence-electron chi connectivity index (χ3n) is 5.59. The van der Waals surface area contributed by atoms with Crippen LogP contribution >= 0.6 is 0 Å². The van der Waals surface area contributed by atoms with Crippen LogP contribution in [0.25, 0.3) is 22.1 Å². The number of methoxy groups -OCH3 is 1. The summed E-state index contributed by atoms with van der Waals surface area (Å²) in [4.78, 5) is 12.1. The molecule has 4 rings (SSSR count). The summed E-state index contributed by atoms with van der Waals surface area (Å²) in [5, 5.41) is 0.922. The first-order valence-electron chi connectivity index (χ1n) is 11.4. The van der Waals surface area contributed by atoms with Crippen LogP contribution in [0.2, 0.25) is 0 Å². The molecule has 7 heteroatoms. The molecule has 2 N–H and O–H groups in total. The molecule has 182 valence electrons. The maximum absolute atomic E-state index is 13.4. The second kappa shape index (κ2) is 11.1. The van der Waals surface area contributed by atoms with Crippen LogP contribution in [0.3, 0.4) is 0 Å². The lowest BCUT2D eigenvalue weighted by Gasteiger charge is -2.14. The van der Waals surface area contributed by atoms with Gasteiger partial charge in [0.05, 0.1) is 26.4 Å². The van der Waals surface area contributed by atoms with Crippen LogP contribution < -0.4 is 15.2 Å². The number of carbonyl (C=O) groups is 1. The molecule has 0 aliphatic rings. The minimum Gasteiger partial charge on any atom is -0.497 e. The van der Waals surface area contributed by atoms with Crippen molar-refractivity contribution in [3.05, 3.63) is 83.6 Å². The van der Waals surface area contributed by atoms with Crippen LogP contribution in [-0.2, 0) is 29.0 Å². The monoisotopic (exact) mass is 477 g/mol. The van der Waals surface area contributed by atoms with Crippen molar-refractivity contribution < 1.29 is 27.8 Å². The Hall–Kier alpha value is -3.84. The third kappa shape index (κ3) is 6.00. The highest BCUT2D eigenvalue weighted by molar-refractivity contribution is 5.93. The van der Waals surface area contributed by atoms with Gasteiger partial charge in [-0.25, -0.2) is 4.39 Å². The van der Waals surface area contributed by atoms with Crippen LogP contribution in [0.5, 0.6) is 11.5 Å². The van der Waals surface area contributed by atoms with E-state index in [4.69, 9.17) is 24.4 Å². The molecule has 6 nitrogen and oxygen atoms in total. The number of hydrogen-bond donors (Lipinski definition) is 1. The van der Waals surface area contributed by atoms with Gasteiger partial charge in [0, 0.05) is 29.0 Å². The van der Waals surface area contributed by atoms with E-state index in [2.05, 4.69) is 0 Å². The summed E-state index contributed by atoms with van der Waals surface area (Å²) >= 11 is 0. The highest BCUT2D eigenvalue weighted by atomic mass is 19.1. The number of rotatable bonds is 10. The number of fused-ring (bicyclic) bond motifs is 1. The Morgan fingerprint density at radius 1 is 1.09 bits per heavy atom. The summed E-state index contributed by atoms with van der Waals surface area (Å²) in [5.74, 6) is 0.851. The summed E-state index contributed by atoms with van der Waals surface area (Å²) < 4.78 is 35.7. The number of ether oxygens (including phenoxy) is 3. The number of alkyl halides is 1. The Bertz CT molecular complexity index is 1310. The molecule has 1 heterocycles. The van der Waals surface area contributed by atoms with E-state index < -0.39 is 6.30 Å². The van der Waals surface area contributed by atoms with Crippen LogP contribution in [0, 0.1) is 0 Å². The van der Waals surface area contributed by atoms with Crippen molar-refractivity contribution in [1.29, 1.82) is 0 Å². The number of furan rings is 1. The highest BCUT2D eigenvalue weighted by Gasteiger charge is 2.14. The molecule has 0 bridgehead atoms. The number of carbonyl (C=O) groups excluding carboxylic acids is 1. The van der Waals surface area contributed by atoms with E-state index in [1.807, 2.05) is 42.5 Å². The van der Waals surface area contributed by atoms with E-state index in [1.165, 1.54) is 0 Å². The normalized spacial score (nSPS) is 11.9. The van der Waals surface area contributed by atoms with Crippen LogP contribution in [0.4, 0.5) is 4.39 Å². The van der Waals surface area contributed by atoms with Gasteiger partial charge in [0.2, 0.25) is 0 Å². The first kappa shape index (κ1) is 24.3. The minimum atomic E-state index is -1.42. The SMILES string of the molecule is CCOC(=O)Cc1ccc(OC)cc1OCc1cc(-c2cccc(C[C@@H](N)F)c2)c2occc2c1. The number of hydrogen-bond acceptors (Lipinski definition) is 6. The zero-order valence-electron chi connectivity index (χ0n) is 19.8. The van der Waals surface area contributed by atoms with Crippen molar-refractivity contribution in [1.82, 2.24) is 0 Å². The van der Waals surface area contributed by atoms with Crippen LogP contribution in [0.15, 0.2) is 71.3 Å². The van der Waals surface area contributed by atoms with Gasteiger partial charge in [-0.1, -0.05) is 30.3 Å². The van der Waals surface area contributed by atoms with Gasteiger partial charge >= 0.3 is 5.97 Å². The molecule has 0 amide bonds. The lowest BCUT2D eigenvalue weighted by Crippen LogP contribution is -2.15. The van der Waals surface area contributed by atoms with Gasteiger partial charge in [-0.3, -0.25) is 4.79 Å². The van der Waals surface area contributed by atoms with Gasteiger partial charge in [-0.05, 0) is 47.9 Å². The van der Waals surface area contributed by atoms with Crippen molar-refractivity contribution >= 4 is 16.9 Å². The maximum atomic E-state index is 13.4. The molecular weight excluding hydrogens is 449 g/mol. The van der Waals surface area contributed by atoms with Crippen molar-refractivity contribution in [3.8, 4) is 22.6 Å². The Morgan fingerprint density at radius 2 is 1.94 bits per heavy atom. The number of benzene rings is 3. The van der Waals surface area contributed by atoms with Gasteiger partial charge in [0.25, 0.3) is 0 Å². The largest absolute Gasteiger partial charge is 0.497 e. The first-order valence-corrected chi connectivity index (χ1v) is 11.4. The molecule has 0 fully saturated rings. The second-order valence-corrected chi connectivity index (χ2v) is 8.15. The van der Waals surface area contributed by atoms with E-state index in [1.54, 1.807) is 38.5 Å². The van der Waals surface area contributed by atoms with Crippen molar-refractivity contribution in [2.75, 3.05) is 13.7 Å². The molecule has 0 saturated carbocycles. The van der Waals surface area contributed by atoms with Crippen LogP contribution in [0.1, 0.15) is 23.6 Å². The van der Waals surface area contributed by atoms with Gasteiger partial charge in [0.15, 0.2) is 6.30 Å². The summed E-state index contributed by atoms with van der Waals surface area (Å²) in [6.45, 7) is 2.35. The summed E-state index contributed by atoms with van der Waals surface area (Å²) in [6, 6.07) is 18.8. The summed E-state index contributed by atoms with van der Waals surface area (Å²) in [5.41, 5.74) is 10.3. The lowest BCUT2D eigenvalue weighted by molar-refractivity contribution is -0.142. The fourth-order valence-corrected chi connectivity index (χ4v) is 4.00. The van der Waals surface area contributed by atoms with E-state index in [-0.39, 0.29) is 25.4 Å². The smallest absolute Gasteiger partial charge is 0.310 e. The number of nitrogens with two attached hydrogens (primary N) is 1. The maximum Gasteiger partial charge on any atom is 0.310 e. The fraction of sp³-hybridized carbons (Fsp3) is 0.250. The van der Waals surface area contributed by atoms with Gasteiger partial charge in [-0.15, -0.1) is 0 Å². The second-order valence-electron chi connectivity index (χ2n) is 8.15. The number of halogens is 1. The van der Waals surface area contributed by atoms with Crippen molar-refractivity contribution in [2.24, 2.45) is 5.73 Å². The molecule has 0 saturated heterocycles. The molecule has 4 aromatic rings. The van der Waals surface area contributed by atoms with Gasteiger partial charge in [-0.2, -0.15) is 0 Å². The molecule has 0 aliphatic carbocycles. The quantitative estimate of drug-likeness (QED) is 0.237. The van der Waals surface area contributed by atoms with E-state index in [0.717, 1.165) is 33.2 Å². The molecule has 1 aromatic heterocycles. The van der Waals surface area contributed by atoms with Gasteiger partial charge in [0.1, 0.15) is 23.7 Å². The Kier molecular flexibility index (Phi) is 7.67. The van der Waals surface area contributed by atoms with E-state index >= 15 is 0 Å². The molecule has 0 radical (unpaired) electrons. The average Bonchev–Trinajstić information content (AvgIpc) is 3.31. The summed E-state index contributed by atoms with van der Waals surface area (Å²) in [7, 11) is 1.58. The molecule has 35 heavy (non-hydrogen) atoms. The highest BCUT2D eigenvalue weighted by Crippen LogP contribution is 2.33. The summed E-state index contributed by atoms with van der Waals surface area (Å²) in [6.07, 6.45) is 0.458. The molecule has 0 aliphatic heterocycles. The van der Waals surface area contributed by atoms with Crippen molar-refractivity contribution in [3.63, 3.8) is 0 Å². The van der Waals surface area contributed by atoms with E-state index in [9.17, 15) is 9.18 Å². The lowest BCUT2D eigenvalue weighted by atomic mass is 9.98. The minimum absolute atomic E-state index is 0.0999. The van der Waals surface area contributed by atoms with Crippen molar-refractivity contribution in [2.45, 2.75) is 32.7 Å². The Balaban J connectivity index is 1.64. The van der Waals surface area contributed by atoms with Gasteiger partial charge < -0.3 is 24.4 Å². The van der Waals surface area contributed by atoms with Crippen LogP contribution in [-0.4, -0.2) is 26.0 Å². The topological polar surface area (TPSA) is 83.9 Å². The fourth-order valence-electron chi connectivity index (χ4n) is 4.00. The molecule has 3 aromatic carbocycles. The predicted octanol–water partition coefficient (Wildman–Crippen LogP) is 5.59.